The summed E-state index contributed by atoms with van der Waals surface area (Å²) < 4.78 is 8.23. The van der Waals surface area contributed by atoms with E-state index in [-0.39, 0.29) is 20.3 Å². The van der Waals surface area contributed by atoms with E-state index in [2.05, 4.69) is 6.92 Å². The zero-order valence-corrected chi connectivity index (χ0v) is 10.5. The molecule has 0 saturated heterocycles. The van der Waals surface area contributed by atoms with Gasteiger partial charge in [0.2, 0.25) is 0 Å². The molecule has 0 atom stereocenters. The Morgan fingerprint density at radius 3 is 2.93 bits per heavy atom. The fraction of sp³-hybridized carbons (Fsp3) is 0.364. The van der Waals surface area contributed by atoms with Gasteiger partial charge in [-0.15, -0.1) is 0 Å². The van der Waals surface area contributed by atoms with Crippen LogP contribution in [0.3, 0.4) is 0 Å². The van der Waals surface area contributed by atoms with Crippen LogP contribution < -0.4 is 10.3 Å². The van der Waals surface area contributed by atoms with Gasteiger partial charge in [0.05, 0.1) is 0 Å². The minimum absolute atomic E-state index is 0.158. The van der Waals surface area contributed by atoms with Crippen LogP contribution in [0.2, 0.25) is 0 Å². The number of fused-ring (bicyclic) bond motifs is 1. The molecule has 3 nitrogen and oxygen atoms in total. The number of benzene rings is 1. The number of rotatable bonds is 3. The summed E-state index contributed by atoms with van der Waals surface area (Å²) in [6.45, 7) is 2.95. The monoisotopic (exact) mass is 271 g/mol. The first-order valence-electron chi connectivity index (χ1n) is 4.94. The van der Waals surface area contributed by atoms with Crippen LogP contribution in [0.4, 0.5) is 0 Å². The summed E-state index contributed by atoms with van der Waals surface area (Å²) in [4.78, 5) is 11.9. The van der Waals surface area contributed by atoms with Crippen LogP contribution in [0, 0.1) is 0 Å². The molecule has 1 heterocycles. The molecule has 0 unspecified atom stereocenters. The average molecular weight is 270 g/mol. The van der Waals surface area contributed by atoms with E-state index in [1.165, 1.54) is 4.26 Å². The second-order valence-corrected chi connectivity index (χ2v) is 5.59. The molecular weight excluding hydrogens is 257 g/mol. The van der Waals surface area contributed by atoms with E-state index >= 15 is 0 Å². The minimum atomic E-state index is 0.158. The van der Waals surface area contributed by atoms with Gasteiger partial charge in [-0.05, 0) is 0 Å². The fourth-order valence-corrected chi connectivity index (χ4v) is 3.76. The number of ether oxygens (including phenoxy) is 1. The summed E-state index contributed by atoms with van der Waals surface area (Å²) in [5.74, 6) is 0.760. The second kappa shape index (κ2) is 4.25. The predicted molar refractivity (Wildman–Crippen MR) is 62.0 cm³/mol. The van der Waals surface area contributed by atoms with Gasteiger partial charge in [0.15, 0.2) is 0 Å². The van der Waals surface area contributed by atoms with E-state index in [1.54, 1.807) is 7.11 Å². The van der Waals surface area contributed by atoms with Crippen molar-refractivity contribution in [2.24, 2.45) is 0 Å². The van der Waals surface area contributed by atoms with Crippen LogP contribution in [0.5, 0.6) is 5.75 Å². The van der Waals surface area contributed by atoms with Crippen LogP contribution >= 0.6 is 0 Å². The molecule has 0 fully saturated rings. The van der Waals surface area contributed by atoms with Gasteiger partial charge < -0.3 is 0 Å². The molecule has 0 bridgehead atoms. The van der Waals surface area contributed by atoms with E-state index in [4.69, 9.17) is 4.74 Å². The van der Waals surface area contributed by atoms with Crippen molar-refractivity contribution in [3.8, 4) is 5.75 Å². The van der Waals surface area contributed by atoms with Crippen LogP contribution in [0.1, 0.15) is 13.3 Å². The number of hydrogen-bond donors (Lipinski definition) is 0. The molecule has 4 heteroatoms. The van der Waals surface area contributed by atoms with Crippen molar-refractivity contribution >= 4 is 24.4 Å². The Hall–Kier alpha value is -0.991. The Kier molecular flexibility index (Phi) is 2.98. The third kappa shape index (κ3) is 1.87. The Morgan fingerprint density at radius 1 is 1.47 bits per heavy atom. The summed E-state index contributed by atoms with van der Waals surface area (Å²) in [6, 6.07) is 5.76. The fourth-order valence-electron chi connectivity index (χ4n) is 1.53. The van der Waals surface area contributed by atoms with E-state index < -0.39 is 0 Å². The quantitative estimate of drug-likeness (QED) is 0.791. The summed E-state index contributed by atoms with van der Waals surface area (Å²) in [5, 5.41) is 0.822. The number of nitrogens with zero attached hydrogens (tertiary/aromatic N) is 1. The molecule has 0 aliphatic rings. The Labute approximate surface area is 94.3 Å². The number of hydrogen-bond acceptors (Lipinski definition) is 2. The summed E-state index contributed by atoms with van der Waals surface area (Å²) in [5.41, 5.74) is 0.158. The Morgan fingerprint density at radius 2 is 2.27 bits per heavy atom. The van der Waals surface area contributed by atoms with Gasteiger partial charge in [-0.1, -0.05) is 0 Å². The first kappa shape index (κ1) is 10.5. The van der Waals surface area contributed by atoms with Crippen molar-refractivity contribution in [3.05, 3.63) is 28.6 Å². The molecule has 1 aromatic carbocycles. The van der Waals surface area contributed by atoms with Crippen LogP contribution in [-0.4, -0.2) is 25.4 Å². The van der Waals surface area contributed by atoms with Gasteiger partial charge in [0.1, 0.15) is 0 Å². The molecular formula is C11H13NO2Se. The molecule has 0 amide bonds. The molecule has 0 saturated carbocycles. The van der Waals surface area contributed by atoms with Crippen LogP contribution in [0.25, 0.3) is 9.65 Å². The van der Waals surface area contributed by atoms with Gasteiger partial charge >= 0.3 is 94.0 Å². The van der Waals surface area contributed by atoms with Crippen LogP contribution in [0.15, 0.2) is 23.0 Å². The SMILES string of the molecule is CCCn1[se]c2ccc(OC)cc2c1=O. The molecule has 0 radical (unpaired) electrons. The maximum atomic E-state index is 11.9. The van der Waals surface area contributed by atoms with Crippen molar-refractivity contribution in [1.82, 2.24) is 3.56 Å². The van der Waals surface area contributed by atoms with Gasteiger partial charge in [-0.3, -0.25) is 0 Å². The predicted octanol–water partition coefficient (Wildman–Crippen LogP) is 1.48. The molecule has 0 aliphatic heterocycles. The molecule has 2 rings (SSSR count). The molecule has 2 aromatic rings. The summed E-state index contributed by atoms with van der Waals surface area (Å²) >= 11 is 0.161. The van der Waals surface area contributed by atoms with Gasteiger partial charge in [0.25, 0.3) is 0 Å². The average Bonchev–Trinajstić information content (AvgIpc) is 2.56. The van der Waals surface area contributed by atoms with Crippen molar-refractivity contribution in [1.29, 1.82) is 0 Å². The Bertz CT molecular complexity index is 527. The zero-order chi connectivity index (χ0) is 10.8. The van der Waals surface area contributed by atoms with E-state index in [9.17, 15) is 4.79 Å². The Balaban J connectivity index is 2.61. The maximum absolute atomic E-state index is 11.9. The van der Waals surface area contributed by atoms with E-state index in [0.717, 1.165) is 24.1 Å². The van der Waals surface area contributed by atoms with Gasteiger partial charge in [-0.2, -0.15) is 0 Å². The number of aryl methyl sites for hydroxylation is 1. The molecule has 0 spiro atoms. The zero-order valence-electron chi connectivity index (χ0n) is 8.82. The number of aromatic nitrogens is 1. The van der Waals surface area contributed by atoms with Crippen molar-refractivity contribution in [2.45, 2.75) is 19.9 Å². The molecule has 1 aromatic heterocycles. The van der Waals surface area contributed by atoms with E-state index in [1.807, 2.05) is 21.8 Å². The van der Waals surface area contributed by atoms with Crippen LogP contribution in [-0.2, 0) is 6.54 Å². The molecule has 0 N–H and O–H groups in total. The van der Waals surface area contributed by atoms with Crippen molar-refractivity contribution in [2.75, 3.05) is 7.11 Å². The molecule has 0 aliphatic carbocycles. The van der Waals surface area contributed by atoms with E-state index in [0.29, 0.717) is 0 Å². The van der Waals surface area contributed by atoms with Crippen molar-refractivity contribution in [3.63, 3.8) is 0 Å². The van der Waals surface area contributed by atoms with Gasteiger partial charge in [0, 0.05) is 0 Å². The molecule has 80 valence electrons. The standard InChI is InChI=1S/C11H13NO2Se/c1-3-6-12-11(13)9-7-8(14-2)4-5-10(9)15-12/h4-5,7H,3,6H2,1-2H3. The topological polar surface area (TPSA) is 31.2 Å². The van der Waals surface area contributed by atoms with Crippen molar-refractivity contribution < 1.29 is 4.74 Å². The molecule has 15 heavy (non-hydrogen) atoms. The third-order valence-electron chi connectivity index (χ3n) is 2.28. The second-order valence-electron chi connectivity index (χ2n) is 3.36. The summed E-state index contributed by atoms with van der Waals surface area (Å²) in [6.07, 6.45) is 1.01. The third-order valence-corrected chi connectivity index (χ3v) is 4.63. The first-order chi connectivity index (χ1) is 7.26. The normalized spacial score (nSPS) is 10.8. The first-order valence-corrected chi connectivity index (χ1v) is 6.56. The summed E-state index contributed by atoms with van der Waals surface area (Å²) in [7, 11) is 1.62. The van der Waals surface area contributed by atoms with Gasteiger partial charge in [-0.25, -0.2) is 0 Å². The number of methoxy groups -OCH3 is 1.